The molecule has 2 N–H and O–H groups in total. The molecule has 3 rings (SSSR count). The van der Waals surface area contributed by atoms with Crippen molar-refractivity contribution < 1.29 is 22.7 Å². The minimum atomic E-state index is -4.44. The topological polar surface area (TPSA) is 68.2 Å². The van der Waals surface area contributed by atoms with Crippen LogP contribution in [0.2, 0.25) is 0 Å². The second-order valence-electron chi connectivity index (χ2n) is 6.78. The van der Waals surface area contributed by atoms with Crippen molar-refractivity contribution in [2.24, 2.45) is 7.05 Å². The number of hydrogen-bond acceptors (Lipinski definition) is 3. The van der Waals surface area contributed by atoms with E-state index >= 15 is 0 Å². The van der Waals surface area contributed by atoms with Crippen LogP contribution in [0.25, 0.3) is 0 Å². The molecule has 1 aromatic heterocycles. The number of benzene rings is 2. The van der Waals surface area contributed by atoms with E-state index in [0.717, 1.165) is 17.7 Å². The second kappa shape index (κ2) is 9.92. The highest BCUT2D eigenvalue weighted by molar-refractivity contribution is 5.75. The molecule has 0 saturated heterocycles. The van der Waals surface area contributed by atoms with Crippen LogP contribution in [-0.2, 0) is 13.2 Å². The van der Waals surface area contributed by atoms with Crippen molar-refractivity contribution >= 4 is 6.03 Å². The molecule has 9 heteroatoms. The molecule has 2 aromatic carbocycles. The normalized spacial score (nSPS) is 11.8. The SMILES string of the molecule is COc1ccccc1C(NC(=O)NCC#Cc1cccc(C(F)(F)F)c1)c1nccn1C. The molecule has 1 unspecified atom stereocenters. The molecule has 1 heterocycles. The van der Waals surface area contributed by atoms with Gasteiger partial charge >= 0.3 is 12.2 Å². The lowest BCUT2D eigenvalue weighted by Crippen LogP contribution is -2.39. The van der Waals surface area contributed by atoms with Crippen molar-refractivity contribution in [1.29, 1.82) is 0 Å². The van der Waals surface area contributed by atoms with E-state index in [2.05, 4.69) is 27.5 Å². The van der Waals surface area contributed by atoms with Gasteiger partial charge in [0.05, 0.1) is 19.2 Å². The van der Waals surface area contributed by atoms with Gasteiger partial charge in [0, 0.05) is 30.6 Å². The molecule has 0 fully saturated rings. The number of ether oxygens (including phenoxy) is 1. The van der Waals surface area contributed by atoms with Crippen LogP contribution in [0.15, 0.2) is 60.9 Å². The highest BCUT2D eigenvalue weighted by atomic mass is 19.4. The molecule has 2 amide bonds. The van der Waals surface area contributed by atoms with Crippen molar-refractivity contribution in [2.45, 2.75) is 12.2 Å². The van der Waals surface area contributed by atoms with Crippen molar-refractivity contribution in [3.63, 3.8) is 0 Å². The Kier molecular flexibility index (Phi) is 7.05. The highest BCUT2D eigenvalue weighted by Crippen LogP contribution is 2.30. The molecule has 0 radical (unpaired) electrons. The molecule has 32 heavy (non-hydrogen) atoms. The lowest BCUT2D eigenvalue weighted by molar-refractivity contribution is -0.137. The third kappa shape index (κ3) is 5.60. The number of rotatable bonds is 5. The Hall–Kier alpha value is -3.93. The number of alkyl halides is 3. The highest BCUT2D eigenvalue weighted by Gasteiger charge is 2.30. The average Bonchev–Trinajstić information content (AvgIpc) is 3.20. The molecule has 3 aromatic rings. The number of urea groups is 1. The maximum Gasteiger partial charge on any atom is 0.416 e. The largest absolute Gasteiger partial charge is 0.496 e. The molecule has 166 valence electrons. The number of para-hydroxylation sites is 1. The predicted molar refractivity (Wildman–Crippen MR) is 113 cm³/mol. The fourth-order valence-corrected chi connectivity index (χ4v) is 3.07. The Bertz CT molecular complexity index is 1150. The quantitative estimate of drug-likeness (QED) is 0.590. The van der Waals surface area contributed by atoms with Crippen LogP contribution in [0.3, 0.4) is 0 Å². The van der Waals surface area contributed by atoms with Gasteiger partial charge in [0.1, 0.15) is 17.6 Å². The van der Waals surface area contributed by atoms with Gasteiger partial charge in [-0.1, -0.05) is 36.1 Å². The summed E-state index contributed by atoms with van der Waals surface area (Å²) in [7, 11) is 3.35. The number of carbonyl (C=O) groups is 1. The zero-order valence-corrected chi connectivity index (χ0v) is 17.4. The van der Waals surface area contributed by atoms with E-state index in [-0.39, 0.29) is 12.1 Å². The number of methoxy groups -OCH3 is 1. The van der Waals surface area contributed by atoms with E-state index in [4.69, 9.17) is 4.74 Å². The molecule has 0 saturated carbocycles. The molecule has 6 nitrogen and oxygen atoms in total. The predicted octanol–water partition coefficient (Wildman–Crippen LogP) is 3.89. The Labute approximate surface area is 183 Å². The van der Waals surface area contributed by atoms with Gasteiger partial charge < -0.3 is 19.9 Å². The van der Waals surface area contributed by atoms with Crippen LogP contribution in [0, 0.1) is 11.8 Å². The third-order valence-electron chi connectivity index (χ3n) is 4.60. The third-order valence-corrected chi connectivity index (χ3v) is 4.60. The van der Waals surface area contributed by atoms with Crippen LogP contribution in [0.1, 0.15) is 28.6 Å². The first-order valence-electron chi connectivity index (χ1n) is 9.60. The number of halogens is 3. The van der Waals surface area contributed by atoms with Gasteiger partial charge in [-0.25, -0.2) is 9.78 Å². The number of nitrogens with one attached hydrogen (secondary N) is 2. The van der Waals surface area contributed by atoms with Crippen LogP contribution in [0.4, 0.5) is 18.0 Å². The number of aromatic nitrogens is 2. The Morgan fingerprint density at radius 2 is 2.00 bits per heavy atom. The van der Waals surface area contributed by atoms with Gasteiger partial charge in [-0.3, -0.25) is 0 Å². The smallest absolute Gasteiger partial charge is 0.416 e. The summed E-state index contributed by atoms with van der Waals surface area (Å²) in [5, 5.41) is 5.44. The number of imidazole rings is 1. The summed E-state index contributed by atoms with van der Waals surface area (Å²) >= 11 is 0. The molecule has 0 aliphatic heterocycles. The van der Waals surface area contributed by atoms with Gasteiger partial charge in [-0.05, 0) is 24.3 Å². The first-order valence-corrected chi connectivity index (χ1v) is 9.60. The van der Waals surface area contributed by atoms with Crippen molar-refractivity contribution in [2.75, 3.05) is 13.7 Å². The lowest BCUT2D eigenvalue weighted by Gasteiger charge is -2.21. The van der Waals surface area contributed by atoms with Crippen LogP contribution in [-0.4, -0.2) is 29.2 Å². The molecular formula is C23H21F3N4O2. The Morgan fingerprint density at radius 1 is 1.22 bits per heavy atom. The molecule has 1 atom stereocenters. The summed E-state index contributed by atoms with van der Waals surface area (Å²) < 4.78 is 45.6. The number of hydrogen-bond donors (Lipinski definition) is 2. The van der Waals surface area contributed by atoms with E-state index in [0.29, 0.717) is 11.6 Å². The fourth-order valence-electron chi connectivity index (χ4n) is 3.07. The van der Waals surface area contributed by atoms with E-state index in [9.17, 15) is 18.0 Å². The van der Waals surface area contributed by atoms with Crippen molar-refractivity contribution in [3.05, 3.63) is 83.4 Å². The summed E-state index contributed by atoms with van der Waals surface area (Å²) in [5.41, 5.74) is 0.154. The average molecular weight is 442 g/mol. The first kappa shape index (κ1) is 22.7. The van der Waals surface area contributed by atoms with Crippen molar-refractivity contribution in [3.8, 4) is 17.6 Å². The van der Waals surface area contributed by atoms with Gasteiger partial charge in [0.15, 0.2) is 0 Å². The summed E-state index contributed by atoms with van der Waals surface area (Å²) in [5.74, 6) is 6.47. The maximum atomic E-state index is 12.8. The molecular weight excluding hydrogens is 421 g/mol. The zero-order valence-electron chi connectivity index (χ0n) is 17.4. The zero-order chi connectivity index (χ0) is 23.1. The Balaban J connectivity index is 1.70. The molecule has 0 aliphatic carbocycles. The van der Waals surface area contributed by atoms with Crippen molar-refractivity contribution in [1.82, 2.24) is 20.2 Å². The fraction of sp³-hybridized carbons (Fsp3) is 0.217. The summed E-state index contributed by atoms with van der Waals surface area (Å²) in [6.45, 7) is -0.0543. The standard InChI is InChI=1S/C23H21F3N4O2/c1-30-14-13-27-21(30)20(18-10-3-4-11-19(18)32-2)29-22(31)28-12-6-8-16-7-5-9-17(15-16)23(24,25)26/h3-5,7,9-11,13-15,20H,12H2,1-2H3,(H2,28,29,31). The minimum absolute atomic E-state index is 0.0543. The van der Waals surface area contributed by atoms with Gasteiger partial charge in [0.25, 0.3) is 0 Å². The minimum Gasteiger partial charge on any atom is -0.496 e. The van der Waals surface area contributed by atoms with Crippen LogP contribution >= 0.6 is 0 Å². The first-order chi connectivity index (χ1) is 15.3. The number of nitrogens with zero attached hydrogens (tertiary/aromatic N) is 2. The van der Waals surface area contributed by atoms with Gasteiger partial charge in [0.2, 0.25) is 0 Å². The summed E-state index contributed by atoms with van der Waals surface area (Å²) in [4.78, 5) is 16.8. The second-order valence-corrected chi connectivity index (χ2v) is 6.78. The monoisotopic (exact) mass is 442 g/mol. The Morgan fingerprint density at radius 3 is 2.69 bits per heavy atom. The van der Waals surface area contributed by atoms with E-state index in [1.54, 1.807) is 23.0 Å². The van der Waals surface area contributed by atoms with E-state index in [1.165, 1.54) is 19.2 Å². The number of amides is 2. The molecule has 0 bridgehead atoms. The maximum absolute atomic E-state index is 12.8. The molecule has 0 spiro atoms. The summed E-state index contributed by atoms with van der Waals surface area (Å²) in [6.07, 6.45) is -1.05. The molecule has 0 aliphatic rings. The van der Waals surface area contributed by atoms with Crippen LogP contribution < -0.4 is 15.4 Å². The van der Waals surface area contributed by atoms with E-state index in [1.807, 2.05) is 25.2 Å². The van der Waals surface area contributed by atoms with Gasteiger partial charge in [-0.2, -0.15) is 13.2 Å². The van der Waals surface area contributed by atoms with Gasteiger partial charge in [-0.15, -0.1) is 0 Å². The van der Waals surface area contributed by atoms with E-state index < -0.39 is 23.8 Å². The number of carbonyl (C=O) groups excluding carboxylic acids is 1. The number of aryl methyl sites for hydroxylation is 1. The lowest BCUT2D eigenvalue weighted by atomic mass is 10.0. The van der Waals surface area contributed by atoms with Crippen LogP contribution in [0.5, 0.6) is 5.75 Å². The summed E-state index contributed by atoms with van der Waals surface area (Å²) in [6, 6.07) is 10.9.